The van der Waals surface area contributed by atoms with E-state index < -0.39 is 0 Å². The molecular weight excluding hydrogens is 152 g/mol. The van der Waals surface area contributed by atoms with Crippen molar-refractivity contribution in [2.75, 3.05) is 6.54 Å². The van der Waals surface area contributed by atoms with Gasteiger partial charge in [0.2, 0.25) is 0 Å². The number of rotatable bonds is 0. The van der Waals surface area contributed by atoms with Crippen LogP contribution in [0.15, 0.2) is 0 Å². The molecule has 0 spiro atoms. The van der Waals surface area contributed by atoms with Gasteiger partial charge in [-0.25, -0.2) is 4.79 Å². The molecule has 3 heteroatoms. The fourth-order valence-corrected chi connectivity index (χ4v) is 1.44. The minimum Gasteiger partial charge on any atom is -0.338 e. The largest absolute Gasteiger partial charge is 0.338 e. The van der Waals surface area contributed by atoms with Gasteiger partial charge in [0.15, 0.2) is 0 Å². The summed E-state index contributed by atoms with van der Waals surface area (Å²) in [5.74, 6) is 0. The Kier molecular flexibility index (Phi) is 2.60. The Hall–Kier alpha value is -0.730. The molecule has 1 fully saturated rings. The second-order valence-corrected chi connectivity index (χ2v) is 4.46. The second kappa shape index (κ2) is 3.33. The molecule has 1 aliphatic heterocycles. The van der Waals surface area contributed by atoms with Crippen molar-refractivity contribution in [3.05, 3.63) is 0 Å². The molecule has 0 saturated carbocycles. The van der Waals surface area contributed by atoms with Crippen molar-refractivity contribution < 1.29 is 4.79 Å². The predicted octanol–water partition coefficient (Wildman–Crippen LogP) is 1.49. The highest BCUT2D eigenvalue weighted by atomic mass is 16.2. The Morgan fingerprint density at radius 1 is 1.42 bits per heavy atom. The summed E-state index contributed by atoms with van der Waals surface area (Å²) < 4.78 is 0. The fourth-order valence-electron chi connectivity index (χ4n) is 1.44. The highest BCUT2D eigenvalue weighted by molar-refractivity contribution is 5.74. The summed E-state index contributed by atoms with van der Waals surface area (Å²) >= 11 is 0. The first-order chi connectivity index (χ1) is 5.50. The highest BCUT2D eigenvalue weighted by Gasteiger charge is 2.27. The fraction of sp³-hybridized carbons (Fsp3) is 0.889. The van der Waals surface area contributed by atoms with Crippen molar-refractivity contribution in [1.82, 2.24) is 10.6 Å². The third-order valence-electron chi connectivity index (χ3n) is 2.31. The zero-order valence-corrected chi connectivity index (χ0v) is 8.11. The van der Waals surface area contributed by atoms with Crippen molar-refractivity contribution in [3.63, 3.8) is 0 Å². The van der Waals surface area contributed by atoms with Crippen LogP contribution in [0.1, 0.15) is 33.6 Å². The third-order valence-corrected chi connectivity index (χ3v) is 2.31. The lowest BCUT2D eigenvalue weighted by atomic mass is 9.84. The van der Waals surface area contributed by atoms with E-state index in [1.165, 1.54) is 0 Å². The normalized spacial score (nSPS) is 25.6. The maximum absolute atomic E-state index is 11.1. The molecule has 2 amide bonds. The van der Waals surface area contributed by atoms with Crippen LogP contribution in [0.3, 0.4) is 0 Å². The first-order valence-corrected chi connectivity index (χ1v) is 4.54. The van der Waals surface area contributed by atoms with Gasteiger partial charge in [0.05, 0.1) is 0 Å². The molecule has 0 radical (unpaired) electrons. The van der Waals surface area contributed by atoms with Crippen molar-refractivity contribution in [2.45, 2.75) is 39.7 Å². The SMILES string of the molecule is CC(C)(C)C1CCCNC(=O)N1. The van der Waals surface area contributed by atoms with E-state index in [-0.39, 0.29) is 11.4 Å². The molecule has 1 atom stereocenters. The summed E-state index contributed by atoms with van der Waals surface area (Å²) in [4.78, 5) is 11.1. The summed E-state index contributed by atoms with van der Waals surface area (Å²) in [5.41, 5.74) is 0.168. The van der Waals surface area contributed by atoms with Crippen molar-refractivity contribution in [1.29, 1.82) is 0 Å². The minimum atomic E-state index is -0.0209. The van der Waals surface area contributed by atoms with Crippen molar-refractivity contribution >= 4 is 6.03 Å². The van der Waals surface area contributed by atoms with Gasteiger partial charge < -0.3 is 10.6 Å². The van der Waals surface area contributed by atoms with Gasteiger partial charge in [0.25, 0.3) is 0 Å². The molecule has 1 rings (SSSR count). The second-order valence-electron chi connectivity index (χ2n) is 4.46. The molecule has 3 nitrogen and oxygen atoms in total. The van der Waals surface area contributed by atoms with E-state index in [2.05, 4.69) is 31.4 Å². The van der Waals surface area contributed by atoms with E-state index in [1.807, 2.05) is 0 Å². The van der Waals surface area contributed by atoms with Gasteiger partial charge in [-0.15, -0.1) is 0 Å². The Bertz CT molecular complexity index is 172. The average Bonchev–Trinajstić information content (AvgIpc) is 2.11. The molecule has 0 aromatic carbocycles. The van der Waals surface area contributed by atoms with Crippen LogP contribution in [-0.2, 0) is 0 Å². The minimum absolute atomic E-state index is 0.0209. The van der Waals surface area contributed by atoms with Gasteiger partial charge in [0.1, 0.15) is 0 Å². The third kappa shape index (κ3) is 2.40. The molecule has 12 heavy (non-hydrogen) atoms. The zero-order valence-electron chi connectivity index (χ0n) is 8.11. The van der Waals surface area contributed by atoms with E-state index in [9.17, 15) is 4.79 Å². The maximum atomic E-state index is 11.1. The molecule has 1 heterocycles. The quantitative estimate of drug-likeness (QED) is 0.568. The number of urea groups is 1. The number of hydrogen-bond acceptors (Lipinski definition) is 1. The van der Waals surface area contributed by atoms with Gasteiger partial charge in [-0.3, -0.25) is 0 Å². The van der Waals surface area contributed by atoms with Crippen LogP contribution in [0.25, 0.3) is 0 Å². The summed E-state index contributed by atoms with van der Waals surface area (Å²) in [6, 6.07) is 0.285. The molecule has 0 aromatic heterocycles. The summed E-state index contributed by atoms with van der Waals surface area (Å²) in [6.07, 6.45) is 2.14. The van der Waals surface area contributed by atoms with Gasteiger partial charge in [-0.1, -0.05) is 20.8 Å². The van der Waals surface area contributed by atoms with Crippen LogP contribution >= 0.6 is 0 Å². The molecule has 0 aromatic rings. The summed E-state index contributed by atoms with van der Waals surface area (Å²) in [5, 5.41) is 5.77. The smallest absolute Gasteiger partial charge is 0.315 e. The number of nitrogens with one attached hydrogen (secondary N) is 2. The van der Waals surface area contributed by atoms with Gasteiger partial charge >= 0.3 is 6.03 Å². The van der Waals surface area contributed by atoms with Gasteiger partial charge in [-0.05, 0) is 18.3 Å². The average molecular weight is 170 g/mol. The molecule has 0 bridgehead atoms. The highest BCUT2D eigenvalue weighted by Crippen LogP contribution is 2.23. The zero-order chi connectivity index (χ0) is 9.19. The van der Waals surface area contributed by atoms with Crippen molar-refractivity contribution in [3.8, 4) is 0 Å². The summed E-state index contributed by atoms with van der Waals surface area (Å²) in [7, 11) is 0. The Morgan fingerprint density at radius 3 is 2.67 bits per heavy atom. The number of hydrogen-bond donors (Lipinski definition) is 2. The van der Waals surface area contributed by atoms with Gasteiger partial charge in [0, 0.05) is 12.6 Å². The lowest BCUT2D eigenvalue weighted by Crippen LogP contribution is -2.45. The van der Waals surface area contributed by atoms with Crippen LogP contribution in [-0.4, -0.2) is 18.6 Å². The molecule has 2 N–H and O–H groups in total. The van der Waals surface area contributed by atoms with E-state index in [4.69, 9.17) is 0 Å². The predicted molar refractivity (Wildman–Crippen MR) is 49.0 cm³/mol. The Morgan fingerprint density at radius 2 is 2.08 bits per heavy atom. The van der Waals surface area contributed by atoms with Crippen LogP contribution in [0.2, 0.25) is 0 Å². The number of carbonyl (C=O) groups is 1. The summed E-state index contributed by atoms with van der Waals surface area (Å²) in [6.45, 7) is 7.27. The van der Waals surface area contributed by atoms with Crippen LogP contribution in [0.5, 0.6) is 0 Å². The number of carbonyl (C=O) groups excluding carboxylic acids is 1. The maximum Gasteiger partial charge on any atom is 0.315 e. The van der Waals surface area contributed by atoms with E-state index >= 15 is 0 Å². The van der Waals surface area contributed by atoms with Crippen LogP contribution < -0.4 is 10.6 Å². The molecule has 1 aliphatic rings. The Balaban J connectivity index is 2.58. The van der Waals surface area contributed by atoms with Gasteiger partial charge in [-0.2, -0.15) is 0 Å². The van der Waals surface area contributed by atoms with E-state index in [0.29, 0.717) is 6.04 Å². The molecule has 1 saturated heterocycles. The Labute approximate surface area is 73.9 Å². The first kappa shape index (κ1) is 9.36. The van der Waals surface area contributed by atoms with Crippen LogP contribution in [0.4, 0.5) is 4.79 Å². The molecule has 0 aliphatic carbocycles. The number of amides is 2. The molecule has 1 unspecified atom stereocenters. The molecular formula is C9H18N2O. The van der Waals surface area contributed by atoms with E-state index in [0.717, 1.165) is 19.4 Å². The van der Waals surface area contributed by atoms with Crippen LogP contribution in [0, 0.1) is 5.41 Å². The standard InChI is InChI=1S/C9H18N2O/c1-9(2,3)7-5-4-6-10-8(12)11-7/h7H,4-6H2,1-3H3,(H2,10,11,12). The lowest BCUT2D eigenvalue weighted by molar-refractivity contribution is 0.221. The lowest BCUT2D eigenvalue weighted by Gasteiger charge is -2.29. The monoisotopic (exact) mass is 170 g/mol. The first-order valence-electron chi connectivity index (χ1n) is 4.54. The van der Waals surface area contributed by atoms with Crippen molar-refractivity contribution in [2.24, 2.45) is 5.41 Å². The topological polar surface area (TPSA) is 41.1 Å². The van der Waals surface area contributed by atoms with E-state index in [1.54, 1.807) is 0 Å². The molecule has 70 valence electrons.